The number of esters is 1. The number of hydrogen-bond acceptors (Lipinski definition) is 7. The van der Waals surface area contributed by atoms with Crippen LogP contribution in [0.5, 0.6) is 0 Å². The standard InChI is InChI=1S/C30H36N6O4/c1-5-36-20(3)25(19(2)34-36)17-31-23-15-24-26(33-29(37)22-12-14-40-18-22)27(30(38)39-4)35(28(24)32-16-23)13-11-21-9-7-6-8-10-21/h6-10,15-16,22,31H,5,11-14,17-18H2,1-4H3,(H,33,37). The average Bonchev–Trinajstić information content (AvgIpc) is 3.68. The summed E-state index contributed by atoms with van der Waals surface area (Å²) in [6.07, 6.45) is 3.08. The molecule has 1 saturated heterocycles. The van der Waals surface area contributed by atoms with Crippen molar-refractivity contribution in [3.05, 3.63) is 70.8 Å². The molecule has 5 rings (SSSR count). The fourth-order valence-electron chi connectivity index (χ4n) is 5.32. The van der Waals surface area contributed by atoms with Gasteiger partial charge in [0.25, 0.3) is 0 Å². The lowest BCUT2D eigenvalue weighted by molar-refractivity contribution is -0.119. The van der Waals surface area contributed by atoms with Crippen LogP contribution in [0.4, 0.5) is 11.4 Å². The summed E-state index contributed by atoms with van der Waals surface area (Å²) in [7, 11) is 1.35. The predicted molar refractivity (Wildman–Crippen MR) is 153 cm³/mol. The van der Waals surface area contributed by atoms with Crippen molar-refractivity contribution in [2.24, 2.45) is 5.92 Å². The summed E-state index contributed by atoms with van der Waals surface area (Å²) in [5.41, 5.74) is 6.42. The van der Waals surface area contributed by atoms with Gasteiger partial charge in [0.15, 0.2) is 5.69 Å². The summed E-state index contributed by atoms with van der Waals surface area (Å²) in [5, 5.41) is 11.8. The Bertz CT molecular complexity index is 1520. The van der Waals surface area contributed by atoms with Crippen molar-refractivity contribution in [1.82, 2.24) is 19.3 Å². The maximum absolute atomic E-state index is 13.2. The first-order valence-electron chi connectivity index (χ1n) is 13.7. The van der Waals surface area contributed by atoms with E-state index in [0.29, 0.717) is 55.9 Å². The molecule has 1 fully saturated rings. The van der Waals surface area contributed by atoms with Crippen molar-refractivity contribution in [2.75, 3.05) is 31.0 Å². The lowest BCUT2D eigenvalue weighted by atomic mass is 10.1. The van der Waals surface area contributed by atoms with Gasteiger partial charge in [-0.2, -0.15) is 5.10 Å². The van der Waals surface area contributed by atoms with E-state index in [0.717, 1.165) is 34.7 Å². The van der Waals surface area contributed by atoms with Gasteiger partial charge >= 0.3 is 5.97 Å². The number of ether oxygens (including phenoxy) is 2. The molecule has 3 aromatic heterocycles. The molecule has 2 N–H and O–H groups in total. The molecule has 1 aliphatic rings. The lowest BCUT2D eigenvalue weighted by Gasteiger charge is -2.12. The minimum atomic E-state index is -0.531. The molecule has 1 unspecified atom stereocenters. The minimum absolute atomic E-state index is 0.179. The Balaban J connectivity index is 1.54. The number of benzene rings is 1. The van der Waals surface area contributed by atoms with Crippen molar-refractivity contribution in [1.29, 1.82) is 0 Å². The summed E-state index contributed by atoms with van der Waals surface area (Å²) in [4.78, 5) is 31.2. The van der Waals surface area contributed by atoms with Crippen LogP contribution in [0.1, 0.15) is 46.3 Å². The van der Waals surface area contributed by atoms with Gasteiger partial charge in [-0.3, -0.25) is 9.48 Å². The van der Waals surface area contributed by atoms with Gasteiger partial charge in [-0.15, -0.1) is 0 Å². The van der Waals surface area contributed by atoms with E-state index in [1.165, 1.54) is 7.11 Å². The molecule has 0 aliphatic carbocycles. The Morgan fingerprint density at radius 3 is 2.67 bits per heavy atom. The monoisotopic (exact) mass is 544 g/mol. The Morgan fingerprint density at radius 1 is 1.20 bits per heavy atom. The fourth-order valence-corrected chi connectivity index (χ4v) is 5.32. The molecule has 0 radical (unpaired) electrons. The summed E-state index contributed by atoms with van der Waals surface area (Å²) >= 11 is 0. The molecular formula is C30H36N6O4. The van der Waals surface area contributed by atoms with Crippen LogP contribution < -0.4 is 10.6 Å². The first kappa shape index (κ1) is 27.4. The molecule has 4 heterocycles. The minimum Gasteiger partial charge on any atom is -0.464 e. The molecular weight excluding hydrogens is 508 g/mol. The maximum Gasteiger partial charge on any atom is 0.356 e. The van der Waals surface area contributed by atoms with Crippen LogP contribution in [-0.2, 0) is 40.3 Å². The number of pyridine rings is 1. The third kappa shape index (κ3) is 5.44. The van der Waals surface area contributed by atoms with Crippen molar-refractivity contribution in [2.45, 2.75) is 53.2 Å². The van der Waals surface area contributed by atoms with E-state index in [9.17, 15) is 9.59 Å². The second-order valence-corrected chi connectivity index (χ2v) is 10.1. The molecule has 0 spiro atoms. The number of carbonyl (C=O) groups is 2. The van der Waals surface area contributed by atoms with Gasteiger partial charge in [-0.05, 0) is 45.2 Å². The number of nitrogens with zero attached hydrogens (tertiary/aromatic N) is 4. The van der Waals surface area contributed by atoms with E-state index in [-0.39, 0.29) is 17.5 Å². The highest BCUT2D eigenvalue weighted by Gasteiger charge is 2.30. The molecule has 1 aromatic carbocycles. The highest BCUT2D eigenvalue weighted by molar-refractivity contribution is 6.11. The molecule has 210 valence electrons. The zero-order chi connectivity index (χ0) is 28.2. The second kappa shape index (κ2) is 11.9. The summed E-state index contributed by atoms with van der Waals surface area (Å²) < 4.78 is 14.5. The third-order valence-corrected chi connectivity index (χ3v) is 7.59. The number of hydrogen-bond donors (Lipinski definition) is 2. The molecule has 4 aromatic rings. The van der Waals surface area contributed by atoms with Gasteiger partial charge in [0, 0.05) is 42.9 Å². The number of aryl methyl sites for hydroxylation is 4. The fraction of sp³-hybridized carbons (Fsp3) is 0.400. The number of carbonyl (C=O) groups excluding carboxylic acids is 2. The van der Waals surface area contributed by atoms with Crippen LogP contribution in [0, 0.1) is 19.8 Å². The maximum atomic E-state index is 13.2. The average molecular weight is 545 g/mol. The first-order valence-corrected chi connectivity index (χ1v) is 13.7. The molecule has 0 saturated carbocycles. The Hall–Kier alpha value is -4.18. The van der Waals surface area contributed by atoms with Gasteiger partial charge in [-0.1, -0.05) is 30.3 Å². The second-order valence-electron chi connectivity index (χ2n) is 10.1. The van der Waals surface area contributed by atoms with E-state index in [1.807, 2.05) is 52.6 Å². The molecule has 10 heteroatoms. The Morgan fingerprint density at radius 2 is 2.00 bits per heavy atom. The zero-order valence-electron chi connectivity index (χ0n) is 23.5. The largest absolute Gasteiger partial charge is 0.464 e. The Kier molecular flexibility index (Phi) is 8.16. The van der Waals surface area contributed by atoms with Crippen LogP contribution in [0.25, 0.3) is 11.0 Å². The quantitative estimate of drug-likeness (QED) is 0.283. The summed E-state index contributed by atoms with van der Waals surface area (Å²) in [6.45, 7) is 8.92. The van der Waals surface area contributed by atoms with E-state index in [1.54, 1.807) is 6.20 Å². The zero-order valence-corrected chi connectivity index (χ0v) is 23.5. The summed E-state index contributed by atoms with van der Waals surface area (Å²) in [6, 6.07) is 12.0. The van der Waals surface area contributed by atoms with Crippen LogP contribution in [0.2, 0.25) is 0 Å². The van der Waals surface area contributed by atoms with Crippen LogP contribution in [0.3, 0.4) is 0 Å². The van der Waals surface area contributed by atoms with Gasteiger partial charge < -0.3 is 24.7 Å². The van der Waals surface area contributed by atoms with Crippen molar-refractivity contribution in [3.8, 4) is 0 Å². The van der Waals surface area contributed by atoms with Crippen molar-refractivity contribution < 1.29 is 19.1 Å². The molecule has 40 heavy (non-hydrogen) atoms. The van der Waals surface area contributed by atoms with Crippen LogP contribution in [0.15, 0.2) is 42.6 Å². The molecule has 0 bridgehead atoms. The van der Waals surface area contributed by atoms with Crippen molar-refractivity contribution >= 4 is 34.3 Å². The smallest absolute Gasteiger partial charge is 0.356 e. The van der Waals surface area contributed by atoms with Gasteiger partial charge in [-0.25, -0.2) is 9.78 Å². The lowest BCUT2D eigenvalue weighted by Crippen LogP contribution is -2.24. The number of amides is 1. The van der Waals surface area contributed by atoms with Crippen molar-refractivity contribution in [3.63, 3.8) is 0 Å². The first-order chi connectivity index (χ1) is 19.4. The molecule has 1 amide bonds. The molecule has 1 atom stereocenters. The predicted octanol–water partition coefficient (Wildman–Crippen LogP) is 4.49. The van der Waals surface area contributed by atoms with Crippen LogP contribution >= 0.6 is 0 Å². The third-order valence-electron chi connectivity index (χ3n) is 7.59. The summed E-state index contributed by atoms with van der Waals surface area (Å²) in [5.74, 6) is -0.985. The van der Waals surface area contributed by atoms with E-state index < -0.39 is 5.97 Å². The number of anilines is 2. The highest BCUT2D eigenvalue weighted by atomic mass is 16.5. The normalized spacial score (nSPS) is 14.9. The highest BCUT2D eigenvalue weighted by Crippen LogP contribution is 2.34. The van der Waals surface area contributed by atoms with Gasteiger partial charge in [0.1, 0.15) is 5.65 Å². The molecule has 1 aliphatic heterocycles. The number of methoxy groups -OCH3 is 1. The number of rotatable bonds is 10. The van der Waals surface area contributed by atoms with Crippen LogP contribution in [-0.4, -0.2) is 51.5 Å². The SMILES string of the molecule is CCn1nc(C)c(CNc2cnc3c(c2)c(NC(=O)C2CCOC2)c(C(=O)OC)n3CCc2ccccc2)c1C. The van der Waals surface area contributed by atoms with E-state index in [2.05, 4.69) is 29.6 Å². The number of fused-ring (bicyclic) bond motifs is 1. The van der Waals surface area contributed by atoms with E-state index in [4.69, 9.17) is 14.5 Å². The number of nitrogens with one attached hydrogen (secondary N) is 2. The van der Waals surface area contributed by atoms with Gasteiger partial charge in [0.2, 0.25) is 5.91 Å². The number of aromatic nitrogens is 4. The topological polar surface area (TPSA) is 112 Å². The van der Waals surface area contributed by atoms with E-state index >= 15 is 0 Å². The molecule has 10 nitrogen and oxygen atoms in total. The van der Waals surface area contributed by atoms with Gasteiger partial charge in [0.05, 0.1) is 42.9 Å². The Labute approximate surface area is 233 Å².